The van der Waals surface area contributed by atoms with E-state index in [1.807, 2.05) is 6.07 Å². The quantitative estimate of drug-likeness (QED) is 0.578. The van der Waals surface area contributed by atoms with Gasteiger partial charge in [0.1, 0.15) is 11.2 Å². The molecule has 0 aliphatic heterocycles. The Hall–Kier alpha value is -2.80. The van der Waals surface area contributed by atoms with Gasteiger partial charge in [0.15, 0.2) is 5.76 Å². The number of aryl methyl sites for hydroxylation is 1. The second-order valence-corrected chi connectivity index (χ2v) is 6.36. The minimum atomic E-state index is -0.278. The monoisotopic (exact) mass is 338 g/mol. The summed E-state index contributed by atoms with van der Waals surface area (Å²) < 4.78 is 6.92. The van der Waals surface area contributed by atoms with Gasteiger partial charge in [-0.1, -0.05) is 41.6 Å². The maximum atomic E-state index is 12.0. The van der Waals surface area contributed by atoms with Crippen molar-refractivity contribution in [3.8, 4) is 11.5 Å². The van der Waals surface area contributed by atoms with Crippen molar-refractivity contribution >= 4 is 17.3 Å². The fourth-order valence-corrected chi connectivity index (χ4v) is 3.22. The molecule has 0 fully saturated rings. The first-order valence-electron chi connectivity index (χ1n) is 7.41. The van der Waals surface area contributed by atoms with Crippen LogP contribution in [-0.2, 0) is 5.75 Å². The van der Waals surface area contributed by atoms with Crippen molar-refractivity contribution in [3.63, 3.8) is 0 Å². The molecule has 0 spiro atoms. The van der Waals surface area contributed by atoms with Crippen LogP contribution < -0.4 is 5.56 Å². The van der Waals surface area contributed by atoms with E-state index in [4.69, 9.17) is 4.42 Å². The lowest BCUT2D eigenvalue weighted by Crippen LogP contribution is -2.13. The number of hydrogen-bond acceptors (Lipinski definition) is 5. The van der Waals surface area contributed by atoms with E-state index in [2.05, 4.69) is 46.5 Å². The molecule has 6 nitrogen and oxygen atoms in total. The molecular weight excluding hydrogens is 324 g/mol. The number of fused-ring (bicyclic) bond motifs is 1. The maximum Gasteiger partial charge on any atom is 0.290 e. The van der Waals surface area contributed by atoms with Gasteiger partial charge in [-0.15, -0.1) is 5.10 Å². The average molecular weight is 338 g/mol. The van der Waals surface area contributed by atoms with E-state index in [-0.39, 0.29) is 5.56 Å². The summed E-state index contributed by atoms with van der Waals surface area (Å²) in [6.45, 7) is 2.06. The summed E-state index contributed by atoms with van der Waals surface area (Å²) in [4.78, 5) is 12.0. The second-order valence-electron chi connectivity index (χ2n) is 5.41. The lowest BCUT2D eigenvalue weighted by Gasteiger charge is -2.03. The number of thioether (sulfide) groups is 1. The Kier molecular flexibility index (Phi) is 3.70. The number of benzene rings is 1. The van der Waals surface area contributed by atoms with Crippen molar-refractivity contribution in [2.24, 2.45) is 0 Å². The predicted molar refractivity (Wildman–Crippen MR) is 92.0 cm³/mol. The topological polar surface area (TPSA) is 76.2 Å². The number of aromatic amines is 1. The smallest absolute Gasteiger partial charge is 0.290 e. The fourth-order valence-electron chi connectivity index (χ4n) is 2.36. The standard InChI is InChI=1S/C17H14N4O2S/c1-11-4-6-12(7-5-11)10-24-17-19-18-16(22)14-9-13(20-21(14)17)15-3-2-8-23-15/h2-9H,10H2,1H3,(H,18,22). The van der Waals surface area contributed by atoms with Crippen LogP contribution in [0.4, 0.5) is 0 Å². The van der Waals surface area contributed by atoms with E-state index in [9.17, 15) is 4.79 Å². The van der Waals surface area contributed by atoms with E-state index >= 15 is 0 Å². The van der Waals surface area contributed by atoms with Crippen molar-refractivity contribution in [1.29, 1.82) is 0 Å². The van der Waals surface area contributed by atoms with Gasteiger partial charge in [-0.3, -0.25) is 4.79 Å². The first-order chi connectivity index (χ1) is 11.7. The highest BCUT2D eigenvalue weighted by Crippen LogP contribution is 2.24. The van der Waals surface area contributed by atoms with Crippen molar-refractivity contribution in [1.82, 2.24) is 19.8 Å². The molecule has 7 heteroatoms. The minimum absolute atomic E-state index is 0.278. The van der Waals surface area contributed by atoms with Gasteiger partial charge < -0.3 is 4.42 Å². The SMILES string of the molecule is Cc1ccc(CSc2n[nH]c(=O)c3cc(-c4ccco4)nn23)cc1. The van der Waals surface area contributed by atoms with Crippen LogP contribution in [0, 0.1) is 6.92 Å². The van der Waals surface area contributed by atoms with Crippen LogP contribution in [-0.4, -0.2) is 19.8 Å². The molecule has 4 aromatic rings. The van der Waals surface area contributed by atoms with E-state index in [0.717, 1.165) is 5.75 Å². The molecule has 1 N–H and O–H groups in total. The Labute approximate surface area is 141 Å². The van der Waals surface area contributed by atoms with Crippen LogP contribution in [0.15, 0.2) is 63.1 Å². The maximum absolute atomic E-state index is 12.0. The molecule has 0 aliphatic carbocycles. The van der Waals surface area contributed by atoms with Crippen LogP contribution in [0.2, 0.25) is 0 Å². The van der Waals surface area contributed by atoms with E-state index < -0.39 is 0 Å². The highest BCUT2D eigenvalue weighted by molar-refractivity contribution is 7.98. The molecule has 24 heavy (non-hydrogen) atoms. The van der Waals surface area contributed by atoms with Gasteiger partial charge in [0.05, 0.1) is 6.26 Å². The third kappa shape index (κ3) is 2.74. The van der Waals surface area contributed by atoms with Crippen molar-refractivity contribution in [3.05, 3.63) is 70.2 Å². The van der Waals surface area contributed by atoms with Gasteiger partial charge in [-0.2, -0.15) is 5.10 Å². The summed E-state index contributed by atoms with van der Waals surface area (Å²) >= 11 is 1.52. The van der Waals surface area contributed by atoms with Crippen LogP contribution >= 0.6 is 11.8 Å². The Bertz CT molecular complexity index is 1030. The summed E-state index contributed by atoms with van der Waals surface area (Å²) in [6.07, 6.45) is 1.58. The molecule has 0 unspecified atom stereocenters. The number of nitrogens with zero attached hydrogens (tertiary/aromatic N) is 3. The van der Waals surface area contributed by atoms with Crippen LogP contribution in [0.1, 0.15) is 11.1 Å². The molecule has 0 atom stereocenters. The Balaban J connectivity index is 1.69. The Morgan fingerprint density at radius 1 is 1.25 bits per heavy atom. The molecule has 120 valence electrons. The summed E-state index contributed by atoms with van der Waals surface area (Å²) in [5.41, 5.74) is 3.19. The molecule has 3 heterocycles. The third-order valence-electron chi connectivity index (χ3n) is 3.64. The molecule has 0 amide bonds. The third-order valence-corrected chi connectivity index (χ3v) is 4.64. The van der Waals surface area contributed by atoms with Gasteiger partial charge >= 0.3 is 0 Å². The Morgan fingerprint density at radius 2 is 2.08 bits per heavy atom. The zero-order valence-electron chi connectivity index (χ0n) is 12.9. The van der Waals surface area contributed by atoms with Crippen molar-refractivity contribution < 1.29 is 4.42 Å². The molecule has 1 aromatic carbocycles. The number of aromatic nitrogens is 4. The summed E-state index contributed by atoms with van der Waals surface area (Å²) in [6, 6.07) is 13.6. The predicted octanol–water partition coefficient (Wildman–Crippen LogP) is 3.28. The number of furan rings is 1. The minimum Gasteiger partial charge on any atom is -0.463 e. The summed E-state index contributed by atoms with van der Waals surface area (Å²) in [5, 5.41) is 11.7. The number of nitrogens with one attached hydrogen (secondary N) is 1. The van der Waals surface area contributed by atoms with Crippen LogP contribution in [0.25, 0.3) is 17.0 Å². The molecule has 0 radical (unpaired) electrons. The molecule has 4 rings (SSSR count). The lowest BCUT2D eigenvalue weighted by molar-refractivity contribution is 0.578. The second kappa shape index (κ2) is 6.01. The molecule has 3 aromatic heterocycles. The van der Waals surface area contributed by atoms with Crippen molar-refractivity contribution in [2.75, 3.05) is 0 Å². The van der Waals surface area contributed by atoms with Gasteiger partial charge in [0, 0.05) is 11.8 Å². The summed E-state index contributed by atoms with van der Waals surface area (Å²) in [7, 11) is 0. The number of rotatable bonds is 4. The number of H-pyrrole nitrogens is 1. The Morgan fingerprint density at radius 3 is 2.83 bits per heavy atom. The molecule has 0 saturated heterocycles. The van der Waals surface area contributed by atoms with Gasteiger partial charge in [0.25, 0.3) is 5.56 Å². The van der Waals surface area contributed by atoms with Gasteiger partial charge in [0.2, 0.25) is 5.16 Å². The largest absolute Gasteiger partial charge is 0.463 e. The zero-order chi connectivity index (χ0) is 16.5. The van der Waals surface area contributed by atoms with E-state index in [1.54, 1.807) is 22.9 Å². The van der Waals surface area contributed by atoms with E-state index in [1.165, 1.54) is 22.9 Å². The highest BCUT2D eigenvalue weighted by Gasteiger charge is 2.13. The van der Waals surface area contributed by atoms with Crippen molar-refractivity contribution in [2.45, 2.75) is 17.8 Å². The highest BCUT2D eigenvalue weighted by atomic mass is 32.2. The normalized spacial score (nSPS) is 11.2. The molecule has 0 aliphatic rings. The molecule has 0 bridgehead atoms. The van der Waals surface area contributed by atoms with Crippen LogP contribution in [0.3, 0.4) is 0 Å². The molecule has 0 saturated carbocycles. The van der Waals surface area contributed by atoms with Gasteiger partial charge in [-0.25, -0.2) is 9.61 Å². The average Bonchev–Trinajstić information content (AvgIpc) is 3.25. The zero-order valence-corrected chi connectivity index (χ0v) is 13.7. The first-order valence-corrected chi connectivity index (χ1v) is 8.40. The summed E-state index contributed by atoms with van der Waals surface area (Å²) in [5.74, 6) is 1.36. The lowest BCUT2D eigenvalue weighted by atomic mass is 10.2. The fraction of sp³-hybridized carbons (Fsp3) is 0.118. The molecular formula is C17H14N4O2S. The van der Waals surface area contributed by atoms with Gasteiger partial charge in [-0.05, 0) is 24.6 Å². The van der Waals surface area contributed by atoms with E-state index in [0.29, 0.717) is 22.1 Å². The first kappa shape index (κ1) is 14.8. The van der Waals surface area contributed by atoms with Crippen LogP contribution in [0.5, 0.6) is 0 Å². The number of hydrogen-bond donors (Lipinski definition) is 1.